The fourth-order valence-corrected chi connectivity index (χ4v) is 4.46. The SMILES string of the molecule is C=C(C)Nc1ccc(-c2ccnc(C)n2)cc1.C=C(c1ccccc1)N1CCN(c2cccc(C)c2)CC1.CC.CC. The summed E-state index contributed by atoms with van der Waals surface area (Å²) in [7, 11) is 0. The van der Waals surface area contributed by atoms with Gasteiger partial charge in [0.1, 0.15) is 5.82 Å². The fourth-order valence-electron chi connectivity index (χ4n) is 4.46. The molecule has 42 heavy (non-hydrogen) atoms. The molecule has 0 spiro atoms. The van der Waals surface area contributed by atoms with Gasteiger partial charge in [-0.25, -0.2) is 9.97 Å². The van der Waals surface area contributed by atoms with Gasteiger partial charge in [-0.1, -0.05) is 95.5 Å². The van der Waals surface area contributed by atoms with E-state index in [0.717, 1.165) is 60.3 Å². The van der Waals surface area contributed by atoms with Crippen molar-refractivity contribution in [1.82, 2.24) is 14.9 Å². The molecule has 1 aliphatic heterocycles. The van der Waals surface area contributed by atoms with E-state index in [1.54, 1.807) is 6.20 Å². The molecule has 5 heteroatoms. The van der Waals surface area contributed by atoms with E-state index in [9.17, 15) is 0 Å². The number of nitrogens with zero attached hydrogens (tertiary/aromatic N) is 4. The van der Waals surface area contributed by atoms with Crippen molar-refractivity contribution in [3.8, 4) is 11.3 Å². The molecule has 5 rings (SSSR count). The summed E-state index contributed by atoms with van der Waals surface area (Å²) < 4.78 is 0. The van der Waals surface area contributed by atoms with Gasteiger partial charge in [0.25, 0.3) is 0 Å². The first kappa shape index (κ1) is 33.8. The van der Waals surface area contributed by atoms with Crippen LogP contribution in [-0.4, -0.2) is 41.0 Å². The minimum Gasteiger partial charge on any atom is -0.368 e. The van der Waals surface area contributed by atoms with E-state index < -0.39 is 0 Å². The Morgan fingerprint density at radius 3 is 1.98 bits per heavy atom. The van der Waals surface area contributed by atoms with Crippen molar-refractivity contribution in [3.05, 3.63) is 127 Å². The van der Waals surface area contributed by atoms with E-state index >= 15 is 0 Å². The standard InChI is InChI=1S/C19H22N2.C14H15N3.2C2H6/c1-16-7-6-10-19(15-16)21-13-11-20(12-14-21)17(2)18-8-4-3-5-9-18;1-10(2)16-13-6-4-12(5-7-13)14-8-9-15-11(3)17-14;2*1-2/h3-10,15H,2,11-14H2,1H3;4-9,16H,1H2,2-3H3;2*1-2H3. The van der Waals surface area contributed by atoms with E-state index in [4.69, 9.17) is 0 Å². The summed E-state index contributed by atoms with van der Waals surface area (Å²) in [4.78, 5) is 13.3. The van der Waals surface area contributed by atoms with Crippen LogP contribution in [0.15, 0.2) is 110 Å². The number of anilines is 2. The molecule has 0 bridgehead atoms. The summed E-state index contributed by atoms with van der Waals surface area (Å²) in [5.74, 6) is 0.784. The van der Waals surface area contributed by atoms with Gasteiger partial charge in [0.2, 0.25) is 0 Å². The lowest BCUT2D eigenvalue weighted by Gasteiger charge is -2.38. The summed E-state index contributed by atoms with van der Waals surface area (Å²) >= 11 is 0. The third-order valence-corrected chi connectivity index (χ3v) is 6.45. The predicted molar refractivity (Wildman–Crippen MR) is 184 cm³/mol. The largest absolute Gasteiger partial charge is 0.368 e. The molecule has 0 saturated carbocycles. The molecule has 0 aliphatic carbocycles. The maximum absolute atomic E-state index is 4.38. The Morgan fingerprint density at radius 2 is 1.40 bits per heavy atom. The van der Waals surface area contributed by atoms with Crippen molar-refractivity contribution < 1.29 is 0 Å². The number of benzene rings is 3. The van der Waals surface area contributed by atoms with E-state index in [-0.39, 0.29) is 0 Å². The average Bonchev–Trinajstić information content (AvgIpc) is 3.03. The number of rotatable bonds is 6. The second-order valence-electron chi connectivity index (χ2n) is 9.60. The van der Waals surface area contributed by atoms with E-state index in [1.165, 1.54) is 16.8 Å². The van der Waals surface area contributed by atoms with Gasteiger partial charge in [0, 0.05) is 60.7 Å². The maximum Gasteiger partial charge on any atom is 0.125 e. The number of allylic oxidation sites excluding steroid dienone is 1. The lowest BCUT2D eigenvalue weighted by atomic mass is 10.1. The molecule has 3 aromatic carbocycles. The van der Waals surface area contributed by atoms with Gasteiger partial charge < -0.3 is 15.1 Å². The average molecular weight is 564 g/mol. The molecule has 1 N–H and O–H groups in total. The molecular weight excluding hydrogens is 514 g/mol. The molecule has 0 radical (unpaired) electrons. The van der Waals surface area contributed by atoms with Crippen LogP contribution in [0.5, 0.6) is 0 Å². The molecule has 2 heterocycles. The molecular formula is C37H49N5. The van der Waals surface area contributed by atoms with Crippen LogP contribution >= 0.6 is 0 Å². The van der Waals surface area contributed by atoms with Gasteiger partial charge in [-0.2, -0.15) is 0 Å². The zero-order chi connectivity index (χ0) is 30.9. The highest BCUT2D eigenvalue weighted by Crippen LogP contribution is 2.23. The summed E-state index contributed by atoms with van der Waals surface area (Å²) in [5.41, 5.74) is 9.01. The van der Waals surface area contributed by atoms with Crippen molar-refractivity contribution in [3.63, 3.8) is 0 Å². The van der Waals surface area contributed by atoms with Crippen molar-refractivity contribution >= 4 is 17.1 Å². The molecule has 5 nitrogen and oxygen atoms in total. The minimum atomic E-state index is 0.784. The first-order valence-corrected chi connectivity index (χ1v) is 15.0. The molecule has 0 amide bonds. The van der Waals surface area contributed by atoms with Gasteiger partial charge in [0.05, 0.1) is 5.69 Å². The number of piperazine rings is 1. The lowest BCUT2D eigenvalue weighted by Crippen LogP contribution is -2.45. The number of nitrogens with one attached hydrogen (secondary N) is 1. The smallest absolute Gasteiger partial charge is 0.125 e. The van der Waals surface area contributed by atoms with Crippen molar-refractivity contribution in [1.29, 1.82) is 0 Å². The van der Waals surface area contributed by atoms with Crippen LogP contribution in [0.2, 0.25) is 0 Å². The monoisotopic (exact) mass is 563 g/mol. The summed E-state index contributed by atoms with van der Waals surface area (Å²) in [6.07, 6.45) is 1.78. The zero-order valence-corrected chi connectivity index (χ0v) is 26.7. The van der Waals surface area contributed by atoms with Gasteiger partial charge in [-0.3, -0.25) is 0 Å². The first-order chi connectivity index (χ1) is 20.4. The van der Waals surface area contributed by atoms with Gasteiger partial charge in [-0.15, -0.1) is 0 Å². The third-order valence-electron chi connectivity index (χ3n) is 6.45. The molecule has 1 fully saturated rings. The second kappa shape index (κ2) is 18.1. The Kier molecular flexibility index (Phi) is 14.6. The topological polar surface area (TPSA) is 44.3 Å². The van der Waals surface area contributed by atoms with Gasteiger partial charge in [-0.05, 0) is 62.2 Å². The molecule has 0 atom stereocenters. The fraction of sp³-hybridized carbons (Fsp3) is 0.297. The van der Waals surface area contributed by atoms with E-state index in [0.29, 0.717) is 0 Å². The summed E-state index contributed by atoms with van der Waals surface area (Å²) in [5, 5.41) is 3.17. The number of aromatic nitrogens is 2. The number of aryl methyl sites for hydroxylation is 2. The first-order valence-electron chi connectivity index (χ1n) is 15.0. The van der Waals surface area contributed by atoms with Crippen molar-refractivity contribution in [2.75, 3.05) is 36.4 Å². The Morgan fingerprint density at radius 1 is 0.762 bits per heavy atom. The Hall–Kier alpha value is -4.38. The molecule has 4 aromatic rings. The highest BCUT2D eigenvalue weighted by atomic mass is 15.3. The second-order valence-corrected chi connectivity index (χ2v) is 9.60. The third kappa shape index (κ3) is 10.5. The summed E-state index contributed by atoms with van der Waals surface area (Å²) in [6, 6.07) is 29.2. The van der Waals surface area contributed by atoms with E-state index in [1.807, 2.05) is 77.9 Å². The van der Waals surface area contributed by atoms with Crippen LogP contribution in [0.25, 0.3) is 17.0 Å². The van der Waals surface area contributed by atoms with Crippen molar-refractivity contribution in [2.24, 2.45) is 0 Å². The zero-order valence-electron chi connectivity index (χ0n) is 26.7. The Labute approximate surface area is 254 Å². The number of hydrogen-bond donors (Lipinski definition) is 1. The summed E-state index contributed by atoms with van der Waals surface area (Å²) in [6.45, 7) is 26.2. The minimum absolute atomic E-state index is 0.784. The highest BCUT2D eigenvalue weighted by molar-refractivity contribution is 5.63. The van der Waals surface area contributed by atoms with Crippen LogP contribution in [0.4, 0.5) is 11.4 Å². The molecule has 1 aliphatic rings. The van der Waals surface area contributed by atoms with Crippen LogP contribution < -0.4 is 10.2 Å². The van der Waals surface area contributed by atoms with Gasteiger partial charge >= 0.3 is 0 Å². The van der Waals surface area contributed by atoms with Gasteiger partial charge in [0.15, 0.2) is 0 Å². The molecule has 222 valence electrons. The molecule has 0 unspecified atom stereocenters. The van der Waals surface area contributed by atoms with E-state index in [2.05, 4.69) is 93.7 Å². The molecule has 1 saturated heterocycles. The highest BCUT2D eigenvalue weighted by Gasteiger charge is 2.18. The normalized spacial score (nSPS) is 11.9. The Bertz CT molecular complexity index is 1350. The van der Waals surface area contributed by atoms with Crippen LogP contribution in [0, 0.1) is 13.8 Å². The lowest BCUT2D eigenvalue weighted by molar-refractivity contribution is 0.368. The van der Waals surface area contributed by atoms with Crippen LogP contribution in [-0.2, 0) is 0 Å². The quantitative estimate of drug-likeness (QED) is 0.253. The predicted octanol–water partition coefficient (Wildman–Crippen LogP) is 9.24. The molecule has 1 aromatic heterocycles. The number of hydrogen-bond acceptors (Lipinski definition) is 5. The Balaban J connectivity index is 0.000000267. The maximum atomic E-state index is 4.38. The van der Waals surface area contributed by atoms with Crippen LogP contribution in [0.1, 0.15) is 51.6 Å². The van der Waals surface area contributed by atoms with Crippen LogP contribution in [0.3, 0.4) is 0 Å². The van der Waals surface area contributed by atoms with Crippen molar-refractivity contribution in [2.45, 2.75) is 48.5 Å².